The molecule has 33 nitrogen and oxygen atoms in total. The van der Waals surface area contributed by atoms with E-state index in [1.165, 1.54) is 94.9 Å². The lowest BCUT2D eigenvalue weighted by atomic mass is 10.1. The van der Waals surface area contributed by atoms with Crippen LogP contribution in [0.4, 0.5) is 82.9 Å². The summed E-state index contributed by atoms with van der Waals surface area (Å²) in [5, 5.41) is 67.2. The molecule has 0 radical (unpaired) electrons. The maximum atomic E-state index is 14.1. The lowest BCUT2D eigenvalue weighted by Crippen LogP contribution is -2.37. The predicted octanol–water partition coefficient (Wildman–Crippen LogP) is 17.7. The van der Waals surface area contributed by atoms with Gasteiger partial charge in [0.1, 0.15) is 56.4 Å². The van der Waals surface area contributed by atoms with Crippen molar-refractivity contribution in [3.63, 3.8) is 0 Å². The van der Waals surface area contributed by atoms with Gasteiger partial charge in [0.25, 0.3) is 0 Å². The summed E-state index contributed by atoms with van der Waals surface area (Å²) in [6.07, 6.45) is 11.6. The first-order chi connectivity index (χ1) is 62.6. The lowest BCUT2D eigenvalue weighted by Gasteiger charge is -2.32. The molecule has 11 N–H and O–H groups in total. The number of hydrogen-bond acceptors (Lipinski definition) is 33. The van der Waals surface area contributed by atoms with E-state index in [-0.39, 0.29) is 65.1 Å². The van der Waals surface area contributed by atoms with Crippen LogP contribution in [0.25, 0.3) is 57.3 Å². The minimum atomic E-state index is -4.57. The second-order valence-corrected chi connectivity index (χ2v) is 36.7. The van der Waals surface area contributed by atoms with E-state index in [2.05, 4.69) is 199 Å². The van der Waals surface area contributed by atoms with Gasteiger partial charge in [-0.25, -0.2) is 19.3 Å². The monoisotopic (exact) mass is 1810 g/mol. The van der Waals surface area contributed by atoms with Gasteiger partial charge in [0.05, 0.1) is 24.3 Å². The van der Waals surface area contributed by atoms with Crippen LogP contribution in [0.1, 0.15) is 192 Å². The third-order valence-corrected chi connectivity index (χ3v) is 23.5. The molecular weight excluding hydrogens is 1690 g/mol. The summed E-state index contributed by atoms with van der Waals surface area (Å²) < 4.78 is 53.1. The molecule has 7 aliphatic rings. The first-order valence-corrected chi connectivity index (χ1v) is 45.9. The number of nitrogens with zero attached hydrogens (tertiary/aromatic N) is 22. The Morgan fingerprint density at radius 3 is 1.26 bits per heavy atom. The largest absolute Gasteiger partial charge is 0.508 e. The Morgan fingerprint density at radius 1 is 0.450 bits per heavy atom. The minimum Gasteiger partial charge on any atom is -0.508 e. The second kappa shape index (κ2) is 43.0. The number of phenolic OH excluding ortho intramolecular Hbond substituents is 1. The van der Waals surface area contributed by atoms with E-state index in [1.54, 1.807) is 33.8 Å². The highest BCUT2D eigenvalue weighted by Gasteiger charge is 2.37. The molecule has 131 heavy (non-hydrogen) atoms. The molecule has 38 heteroatoms. The summed E-state index contributed by atoms with van der Waals surface area (Å²) >= 11 is 6.02. The summed E-state index contributed by atoms with van der Waals surface area (Å²) in [5.41, 5.74) is 0.303. The molecular formula is C93H120ClF4N31O2. The van der Waals surface area contributed by atoms with Crippen LogP contribution in [0.2, 0.25) is 5.15 Å². The molecule has 2 aromatic carbocycles. The Labute approximate surface area is 767 Å². The van der Waals surface area contributed by atoms with Crippen LogP contribution in [0.5, 0.6) is 5.75 Å². The number of halogens is 5. The van der Waals surface area contributed by atoms with Crippen molar-refractivity contribution in [1.82, 2.24) is 89.7 Å². The van der Waals surface area contributed by atoms with E-state index < -0.39 is 28.8 Å². The molecule has 8 aromatic heterocycles. The molecule has 0 unspecified atom stereocenters. The van der Waals surface area contributed by atoms with Crippen LogP contribution in [-0.2, 0) is 12.8 Å². The zero-order valence-corrected chi connectivity index (χ0v) is 77.6. The Hall–Kier alpha value is -12.5. The quantitative estimate of drug-likeness (QED) is 0.0130. The van der Waals surface area contributed by atoms with Gasteiger partial charge in [-0.15, -0.1) is 0 Å². The fourth-order valence-corrected chi connectivity index (χ4v) is 14.3. The average molecular weight is 1820 g/mol. The number of aliphatic hydroxyl groups excluding tert-OH is 1. The van der Waals surface area contributed by atoms with E-state index in [4.69, 9.17) is 26.6 Å². The number of aliphatic hydroxyl groups is 1. The molecule has 6 atom stereocenters. The molecule has 9 heterocycles. The number of alkyl halides is 3. The fraction of sp³-hybridized carbons (Fsp3) is 0.527. The first kappa shape index (κ1) is 96.1. The third-order valence-electron chi connectivity index (χ3n) is 23.3. The van der Waals surface area contributed by atoms with Crippen molar-refractivity contribution in [2.75, 3.05) is 90.4 Å². The summed E-state index contributed by atoms with van der Waals surface area (Å²) in [7, 11) is 0. The van der Waals surface area contributed by atoms with Crippen molar-refractivity contribution in [2.45, 2.75) is 241 Å². The SMILES string of the molecule is CC(C)CNc1nc(NC(C)(C)C#N)nc(-c2cc(O)ccc2F)n1.CCN(CC)c1nc(N[C@H](C)C2CC2)nc(-c2cccc(Cl)n2)n1.C[C@@H](Nc1nc(NC(C)(C)C#N)nc(-c2cccc(C(F)(F)F)n2)n1)C1CC1.C[C@@H](Nc1nc(N[C@H](C)C2CC2)nc(-c2cccc(CO)c2)n1)C1CC1.C[C@@H](Nc1nc(N[C@H](C)C2CC2)nc(-c2cccc(N3CCC3)n2)n1)C1CC1. The van der Waals surface area contributed by atoms with Crippen molar-refractivity contribution in [2.24, 2.45) is 41.4 Å². The van der Waals surface area contributed by atoms with Crippen molar-refractivity contribution >= 4 is 76.9 Å². The number of pyridine rings is 3. The Balaban J connectivity index is 0.000000140. The Bertz CT molecular complexity index is 5520. The summed E-state index contributed by atoms with van der Waals surface area (Å²) in [6, 6.07) is 32.6. The van der Waals surface area contributed by atoms with Gasteiger partial charge in [0.15, 0.2) is 29.1 Å². The van der Waals surface area contributed by atoms with E-state index in [0.717, 1.165) is 97.5 Å². The maximum Gasteiger partial charge on any atom is 0.433 e. The van der Waals surface area contributed by atoms with Gasteiger partial charge >= 0.3 is 6.18 Å². The predicted molar refractivity (Wildman–Crippen MR) is 502 cm³/mol. The topological polar surface area (TPSA) is 435 Å². The van der Waals surface area contributed by atoms with Gasteiger partial charge in [-0.05, 0) is 274 Å². The lowest BCUT2D eigenvalue weighted by molar-refractivity contribution is -0.141. The van der Waals surface area contributed by atoms with Crippen LogP contribution < -0.4 is 57.7 Å². The molecule has 1 saturated heterocycles. The molecule has 6 aliphatic carbocycles. The van der Waals surface area contributed by atoms with Crippen LogP contribution in [0, 0.1) is 69.9 Å². The molecule has 10 aromatic rings. The Kier molecular flexibility index (Phi) is 31.6. The van der Waals surface area contributed by atoms with Gasteiger partial charge in [0, 0.05) is 74.5 Å². The number of phenols is 1. The van der Waals surface area contributed by atoms with Gasteiger partial charge < -0.3 is 67.9 Å². The maximum absolute atomic E-state index is 14.1. The van der Waals surface area contributed by atoms with Crippen molar-refractivity contribution in [3.8, 4) is 75.2 Å². The number of anilines is 11. The minimum absolute atomic E-state index is 0.00651. The van der Waals surface area contributed by atoms with E-state index in [1.807, 2.05) is 69.3 Å². The fourth-order valence-electron chi connectivity index (χ4n) is 14.1. The molecule has 0 spiro atoms. The van der Waals surface area contributed by atoms with Crippen LogP contribution in [0.3, 0.4) is 0 Å². The molecule has 0 amide bonds. The molecule has 0 bridgehead atoms. The number of rotatable bonds is 35. The highest BCUT2D eigenvalue weighted by atomic mass is 35.5. The van der Waals surface area contributed by atoms with Crippen LogP contribution >= 0.6 is 11.6 Å². The number of aromatic hydroxyl groups is 1. The molecule has 17 rings (SSSR count). The van der Waals surface area contributed by atoms with E-state index in [9.17, 15) is 38.3 Å². The first-order valence-electron chi connectivity index (χ1n) is 45.5. The second-order valence-electron chi connectivity index (χ2n) is 36.3. The van der Waals surface area contributed by atoms with Gasteiger partial charge in [-0.1, -0.05) is 61.8 Å². The molecule has 6 saturated carbocycles. The number of nitrogens with one attached hydrogen (secondary N) is 9. The van der Waals surface area contributed by atoms with Crippen molar-refractivity contribution in [3.05, 3.63) is 119 Å². The summed E-state index contributed by atoms with van der Waals surface area (Å²) in [6.45, 7) is 32.3. The molecule has 694 valence electrons. The van der Waals surface area contributed by atoms with E-state index >= 15 is 0 Å². The van der Waals surface area contributed by atoms with Crippen molar-refractivity contribution < 1.29 is 27.8 Å². The van der Waals surface area contributed by atoms with Crippen molar-refractivity contribution in [1.29, 1.82) is 10.5 Å². The third kappa shape index (κ3) is 28.7. The normalized spacial score (nSPS) is 16.5. The molecule has 1 aliphatic heterocycles. The highest BCUT2D eigenvalue weighted by molar-refractivity contribution is 6.29. The zero-order valence-electron chi connectivity index (χ0n) is 76.8. The summed E-state index contributed by atoms with van der Waals surface area (Å²) in [4.78, 5) is 84.3. The zero-order chi connectivity index (χ0) is 93.4. The Morgan fingerprint density at radius 2 is 0.840 bits per heavy atom. The standard InChI is InChI=1S/C21H29N7.C20H27N5O.C18H20F3N7.C17H23ClN6.C17H21FN6O/c1-13(15-7-8-15)22-20-25-19(26-21(27-20)23-14(2)16-9-10-16)17-5-3-6-18(24-17)28-11-4-12-28;1-12(15-6-7-15)21-19-23-18(17-5-3-4-14(10-17)11-26)24-20(25-19)22-13(2)16-8-9-16;1-10(11-7-8-11)23-15-25-14(26-16(27-15)28-17(2,3)9-22)12-5-4-6-13(24-12)18(19,20)21;1-4-24(5-2)17-22-15(13-7-6-8-14(18)20-13)21-16(23-17)19-11(3)12-9-10-12;1-10(2)8-20-15-21-14(12-7-11(25)5-6-13(12)18)22-16(23-15)24-17(3,4)9-19/h3,5-6,13-16H,4,7-12H2,1-2H3,(H2,22,23,25,26,27);3-5,10,12-13,15-16,26H,6-9,11H2,1-2H3,(H2,21,22,23,24,25);4-6,10-11H,7-8H2,1-3H3,(H2,23,25,26,27,28);6-8,11-12H,4-5,9-10H2,1-3H3,(H,19,21,22,23);5-7,10,25H,8H2,1-4H3,(H2,20,21,22,23,24)/t13-,14-;12-,13-;10-;11-;/m1111./s1. The van der Waals surface area contributed by atoms with Crippen LogP contribution in [-0.4, -0.2) is 180 Å². The number of benzene rings is 2. The van der Waals surface area contributed by atoms with Gasteiger partial charge in [-0.3, -0.25) is 0 Å². The molecule has 7 fully saturated rings. The summed E-state index contributed by atoms with van der Waals surface area (Å²) in [5.74, 6) is 11.2. The average Bonchev–Trinajstić information content (AvgIpc) is 1.77. The van der Waals surface area contributed by atoms with Crippen LogP contribution in [0.15, 0.2) is 97.1 Å². The number of aromatic nitrogens is 18. The van der Waals surface area contributed by atoms with Gasteiger partial charge in [-0.2, -0.15) is 98.5 Å². The van der Waals surface area contributed by atoms with E-state index in [0.29, 0.717) is 119 Å². The number of nitriles is 2. The smallest absolute Gasteiger partial charge is 0.433 e. The van der Waals surface area contributed by atoms with Gasteiger partial charge in [0.2, 0.25) is 59.5 Å². The highest BCUT2D eigenvalue weighted by Crippen LogP contribution is 2.40. The number of hydrogen-bond donors (Lipinski definition) is 11.